The molecule has 1 aromatic heterocycles. The normalized spacial score (nSPS) is 12.1. The zero-order chi connectivity index (χ0) is 11.1. The second kappa shape index (κ2) is 6.17. The molecule has 82 valence electrons. The molecule has 1 heterocycles. The van der Waals surface area contributed by atoms with E-state index in [4.69, 9.17) is 0 Å². The minimum Gasteiger partial charge on any atom is -0.352 e. The minimum absolute atomic E-state index is 0.108. The predicted molar refractivity (Wildman–Crippen MR) is 60.2 cm³/mol. The summed E-state index contributed by atoms with van der Waals surface area (Å²) in [5.74, 6) is 0.241. The van der Waals surface area contributed by atoms with Crippen molar-refractivity contribution in [3.8, 4) is 0 Å². The maximum atomic E-state index is 11.6. The number of nitrogens with one attached hydrogen (secondary N) is 1. The highest BCUT2D eigenvalue weighted by atomic mass is 16.1. The predicted octanol–water partition coefficient (Wildman–Crippen LogP) is 2.13. The lowest BCUT2D eigenvalue weighted by atomic mass is 10.1. The zero-order valence-electron chi connectivity index (χ0n) is 9.36. The number of carbonyl (C=O) groups excluding carboxylic acids is 1. The quantitative estimate of drug-likeness (QED) is 0.802. The van der Waals surface area contributed by atoms with E-state index in [0.29, 0.717) is 6.54 Å². The van der Waals surface area contributed by atoms with Crippen molar-refractivity contribution in [3.05, 3.63) is 30.1 Å². The van der Waals surface area contributed by atoms with Crippen LogP contribution < -0.4 is 5.32 Å². The molecule has 1 aromatic rings. The van der Waals surface area contributed by atoms with E-state index in [0.717, 1.165) is 18.4 Å². The van der Waals surface area contributed by atoms with Crippen molar-refractivity contribution in [1.82, 2.24) is 10.3 Å². The standard InChI is InChI=1S/C12H18N2O/c1-3-4-10(2)12(15)14-9-11-5-7-13-8-6-11/h5-8,10H,3-4,9H2,1-2H3,(H,14,15)/t10-/m0/s1. The monoisotopic (exact) mass is 206 g/mol. The van der Waals surface area contributed by atoms with Crippen molar-refractivity contribution in [2.75, 3.05) is 0 Å². The first kappa shape index (κ1) is 11.7. The molecule has 0 spiro atoms. The van der Waals surface area contributed by atoms with Gasteiger partial charge in [0, 0.05) is 24.9 Å². The fourth-order valence-corrected chi connectivity index (χ4v) is 1.43. The maximum Gasteiger partial charge on any atom is 0.223 e. The average Bonchev–Trinajstić information content (AvgIpc) is 2.27. The van der Waals surface area contributed by atoms with Gasteiger partial charge >= 0.3 is 0 Å². The zero-order valence-corrected chi connectivity index (χ0v) is 9.36. The van der Waals surface area contributed by atoms with Crippen LogP contribution in [0.3, 0.4) is 0 Å². The van der Waals surface area contributed by atoms with Crippen molar-refractivity contribution in [3.63, 3.8) is 0 Å². The molecule has 0 fully saturated rings. The third-order valence-corrected chi connectivity index (χ3v) is 2.39. The molecule has 1 atom stereocenters. The Balaban J connectivity index is 2.34. The summed E-state index contributed by atoms with van der Waals surface area (Å²) in [6.45, 7) is 4.65. The third-order valence-electron chi connectivity index (χ3n) is 2.39. The van der Waals surface area contributed by atoms with Crippen LogP contribution >= 0.6 is 0 Å². The van der Waals surface area contributed by atoms with Crippen LogP contribution in [-0.4, -0.2) is 10.9 Å². The molecule has 1 N–H and O–H groups in total. The first-order chi connectivity index (χ1) is 7.24. The van der Waals surface area contributed by atoms with Crippen LogP contribution in [0.5, 0.6) is 0 Å². The second-order valence-electron chi connectivity index (χ2n) is 3.76. The summed E-state index contributed by atoms with van der Waals surface area (Å²) in [5.41, 5.74) is 1.09. The first-order valence-corrected chi connectivity index (χ1v) is 5.40. The lowest BCUT2D eigenvalue weighted by molar-refractivity contribution is -0.124. The van der Waals surface area contributed by atoms with E-state index in [1.807, 2.05) is 19.1 Å². The fourth-order valence-electron chi connectivity index (χ4n) is 1.43. The lowest BCUT2D eigenvalue weighted by Gasteiger charge is -2.10. The van der Waals surface area contributed by atoms with Gasteiger partial charge in [0.25, 0.3) is 0 Å². The Kier molecular flexibility index (Phi) is 4.81. The van der Waals surface area contributed by atoms with Crippen molar-refractivity contribution < 1.29 is 4.79 Å². The number of rotatable bonds is 5. The smallest absolute Gasteiger partial charge is 0.223 e. The number of aromatic nitrogens is 1. The van der Waals surface area contributed by atoms with E-state index in [-0.39, 0.29) is 11.8 Å². The summed E-state index contributed by atoms with van der Waals surface area (Å²) in [6.07, 6.45) is 5.46. The molecular weight excluding hydrogens is 188 g/mol. The molecule has 0 saturated carbocycles. The van der Waals surface area contributed by atoms with Crippen molar-refractivity contribution in [2.24, 2.45) is 5.92 Å². The highest BCUT2D eigenvalue weighted by molar-refractivity contribution is 5.78. The van der Waals surface area contributed by atoms with Gasteiger partial charge in [-0.3, -0.25) is 9.78 Å². The lowest BCUT2D eigenvalue weighted by Crippen LogP contribution is -2.28. The molecule has 15 heavy (non-hydrogen) atoms. The molecule has 0 bridgehead atoms. The molecule has 0 aliphatic heterocycles. The van der Waals surface area contributed by atoms with Crippen molar-refractivity contribution in [1.29, 1.82) is 0 Å². The molecule has 3 nitrogen and oxygen atoms in total. The van der Waals surface area contributed by atoms with Crippen LogP contribution in [0.2, 0.25) is 0 Å². The summed E-state index contributed by atoms with van der Waals surface area (Å²) < 4.78 is 0. The highest BCUT2D eigenvalue weighted by Gasteiger charge is 2.10. The van der Waals surface area contributed by atoms with Gasteiger partial charge in [0.05, 0.1) is 0 Å². The molecule has 0 aromatic carbocycles. The van der Waals surface area contributed by atoms with Crippen LogP contribution in [0, 0.1) is 5.92 Å². The van der Waals surface area contributed by atoms with E-state index in [1.165, 1.54) is 0 Å². The molecule has 0 aliphatic rings. The number of carbonyl (C=O) groups is 1. The van der Waals surface area contributed by atoms with Crippen LogP contribution in [0.1, 0.15) is 32.3 Å². The number of hydrogen-bond donors (Lipinski definition) is 1. The SMILES string of the molecule is CCC[C@H](C)C(=O)NCc1ccncc1. The first-order valence-electron chi connectivity index (χ1n) is 5.40. The van der Waals surface area contributed by atoms with Gasteiger partial charge < -0.3 is 5.32 Å². The van der Waals surface area contributed by atoms with Gasteiger partial charge in [0.1, 0.15) is 0 Å². The average molecular weight is 206 g/mol. The summed E-state index contributed by atoms with van der Waals surface area (Å²) in [4.78, 5) is 15.5. The number of pyridine rings is 1. The fraction of sp³-hybridized carbons (Fsp3) is 0.500. The topological polar surface area (TPSA) is 42.0 Å². The molecule has 0 radical (unpaired) electrons. The maximum absolute atomic E-state index is 11.6. The van der Waals surface area contributed by atoms with Crippen LogP contribution in [0.4, 0.5) is 0 Å². The van der Waals surface area contributed by atoms with E-state index < -0.39 is 0 Å². The van der Waals surface area contributed by atoms with Crippen LogP contribution in [0.25, 0.3) is 0 Å². The number of hydrogen-bond acceptors (Lipinski definition) is 2. The Labute approximate surface area is 90.9 Å². The molecular formula is C12H18N2O. The molecule has 0 unspecified atom stereocenters. The van der Waals surface area contributed by atoms with E-state index >= 15 is 0 Å². The van der Waals surface area contributed by atoms with E-state index in [1.54, 1.807) is 12.4 Å². The van der Waals surface area contributed by atoms with E-state index in [9.17, 15) is 4.79 Å². The van der Waals surface area contributed by atoms with Crippen LogP contribution in [-0.2, 0) is 11.3 Å². The van der Waals surface area contributed by atoms with Gasteiger partial charge in [0.15, 0.2) is 0 Å². The van der Waals surface area contributed by atoms with E-state index in [2.05, 4.69) is 17.2 Å². The summed E-state index contributed by atoms with van der Waals surface area (Å²) in [7, 11) is 0. The molecule has 0 aliphatic carbocycles. The Morgan fingerprint density at radius 1 is 1.47 bits per heavy atom. The Morgan fingerprint density at radius 2 is 2.13 bits per heavy atom. The molecule has 1 rings (SSSR count). The Bertz CT molecular complexity index is 298. The largest absolute Gasteiger partial charge is 0.352 e. The molecule has 3 heteroatoms. The summed E-state index contributed by atoms with van der Waals surface area (Å²) in [5, 5.41) is 2.92. The summed E-state index contributed by atoms with van der Waals surface area (Å²) >= 11 is 0. The molecule has 0 saturated heterocycles. The van der Waals surface area contributed by atoms with Gasteiger partial charge in [-0.05, 0) is 24.1 Å². The van der Waals surface area contributed by atoms with Crippen molar-refractivity contribution >= 4 is 5.91 Å². The Morgan fingerprint density at radius 3 is 2.73 bits per heavy atom. The number of nitrogens with zero attached hydrogens (tertiary/aromatic N) is 1. The van der Waals surface area contributed by atoms with Crippen LogP contribution in [0.15, 0.2) is 24.5 Å². The third kappa shape index (κ3) is 4.11. The molecule has 1 amide bonds. The van der Waals surface area contributed by atoms with Gasteiger partial charge in [-0.1, -0.05) is 20.3 Å². The number of amides is 1. The second-order valence-corrected chi connectivity index (χ2v) is 3.76. The van der Waals surface area contributed by atoms with Gasteiger partial charge in [0.2, 0.25) is 5.91 Å². The minimum atomic E-state index is 0.108. The van der Waals surface area contributed by atoms with Crippen molar-refractivity contribution in [2.45, 2.75) is 33.2 Å². The van der Waals surface area contributed by atoms with Gasteiger partial charge in [-0.15, -0.1) is 0 Å². The van der Waals surface area contributed by atoms with Gasteiger partial charge in [-0.2, -0.15) is 0 Å². The Hall–Kier alpha value is -1.38. The highest BCUT2D eigenvalue weighted by Crippen LogP contribution is 2.05. The summed E-state index contributed by atoms with van der Waals surface area (Å²) in [6, 6.07) is 3.82. The van der Waals surface area contributed by atoms with Gasteiger partial charge in [-0.25, -0.2) is 0 Å².